The van der Waals surface area contributed by atoms with Crippen molar-refractivity contribution in [3.63, 3.8) is 0 Å². The molecule has 0 saturated carbocycles. The average Bonchev–Trinajstić information content (AvgIpc) is 2.98. The van der Waals surface area contributed by atoms with Crippen molar-refractivity contribution in [3.8, 4) is 5.75 Å². The van der Waals surface area contributed by atoms with E-state index in [1.807, 2.05) is 0 Å². The zero-order chi connectivity index (χ0) is 21.3. The molecule has 0 aliphatic carbocycles. The van der Waals surface area contributed by atoms with Crippen LogP contribution in [0.4, 0.5) is 0 Å². The van der Waals surface area contributed by atoms with E-state index in [-0.39, 0.29) is 24.0 Å². The fourth-order valence-electron chi connectivity index (χ4n) is 4.25. The number of fused-ring (bicyclic) bond motifs is 1. The third-order valence-electron chi connectivity index (χ3n) is 5.94. The SMILES string of the molecule is NC1CCN(CCCOc2cccc3c2C(=O)N(C2CCC(=O)NC2=O)C3=O)CC1. The Labute approximate surface area is 174 Å². The summed E-state index contributed by atoms with van der Waals surface area (Å²) < 4.78 is 5.85. The van der Waals surface area contributed by atoms with Crippen LogP contribution in [0.25, 0.3) is 0 Å². The Kier molecular flexibility index (Phi) is 5.83. The first-order valence-corrected chi connectivity index (χ1v) is 10.4. The van der Waals surface area contributed by atoms with E-state index in [0.29, 0.717) is 18.4 Å². The normalized spacial score (nSPS) is 23.0. The number of hydrogen-bond donors (Lipinski definition) is 2. The van der Waals surface area contributed by atoms with Crippen molar-refractivity contribution in [3.05, 3.63) is 29.3 Å². The van der Waals surface area contributed by atoms with Crippen molar-refractivity contribution in [1.82, 2.24) is 15.1 Å². The average molecular weight is 414 g/mol. The van der Waals surface area contributed by atoms with Crippen LogP contribution in [0.15, 0.2) is 18.2 Å². The molecule has 9 nitrogen and oxygen atoms in total. The molecule has 1 unspecified atom stereocenters. The number of rotatable bonds is 6. The minimum Gasteiger partial charge on any atom is -0.493 e. The molecule has 3 N–H and O–H groups in total. The topological polar surface area (TPSA) is 122 Å². The standard InChI is InChI=1S/C21H26N4O5/c22-13-7-10-24(11-8-13)9-2-12-30-16-4-1-3-14-18(16)21(29)25(20(14)28)15-5-6-17(26)23-19(15)27/h1,3-4,13,15H,2,5-12,22H2,(H,23,26,27). The number of nitrogens with two attached hydrogens (primary N) is 1. The number of carbonyl (C=O) groups is 4. The highest BCUT2D eigenvalue weighted by Crippen LogP contribution is 2.33. The van der Waals surface area contributed by atoms with Crippen molar-refractivity contribution in [2.24, 2.45) is 5.73 Å². The molecule has 30 heavy (non-hydrogen) atoms. The monoisotopic (exact) mass is 414 g/mol. The summed E-state index contributed by atoms with van der Waals surface area (Å²) in [4.78, 5) is 52.7. The Morgan fingerprint density at radius 2 is 1.83 bits per heavy atom. The Bertz CT molecular complexity index is 878. The second-order valence-electron chi connectivity index (χ2n) is 8.01. The van der Waals surface area contributed by atoms with Gasteiger partial charge in [0, 0.05) is 19.0 Å². The lowest BCUT2D eigenvalue weighted by Crippen LogP contribution is -2.54. The fourth-order valence-corrected chi connectivity index (χ4v) is 4.25. The molecule has 3 heterocycles. The molecular weight excluding hydrogens is 388 g/mol. The van der Waals surface area contributed by atoms with Crippen LogP contribution in [-0.2, 0) is 9.59 Å². The molecule has 1 aromatic carbocycles. The van der Waals surface area contributed by atoms with Gasteiger partial charge in [0.1, 0.15) is 11.8 Å². The molecular formula is C21H26N4O5. The summed E-state index contributed by atoms with van der Waals surface area (Å²) >= 11 is 0. The Hall–Kier alpha value is -2.78. The highest BCUT2D eigenvalue weighted by atomic mass is 16.5. The van der Waals surface area contributed by atoms with Gasteiger partial charge in [-0.15, -0.1) is 0 Å². The zero-order valence-corrected chi connectivity index (χ0v) is 16.8. The Morgan fingerprint density at radius 3 is 2.57 bits per heavy atom. The molecule has 1 aromatic rings. The van der Waals surface area contributed by atoms with Crippen molar-refractivity contribution in [1.29, 1.82) is 0 Å². The maximum atomic E-state index is 13.0. The van der Waals surface area contributed by atoms with Crippen molar-refractivity contribution >= 4 is 23.6 Å². The fraction of sp³-hybridized carbons (Fsp3) is 0.524. The number of amides is 4. The lowest BCUT2D eigenvalue weighted by molar-refractivity contribution is -0.136. The molecule has 4 rings (SSSR count). The molecule has 3 aliphatic rings. The van der Waals surface area contributed by atoms with Gasteiger partial charge in [-0.25, -0.2) is 0 Å². The van der Waals surface area contributed by atoms with Crippen molar-refractivity contribution < 1.29 is 23.9 Å². The number of piperidine rings is 2. The first kappa shape index (κ1) is 20.5. The number of likely N-dealkylation sites (tertiary alicyclic amines) is 1. The number of benzene rings is 1. The van der Waals surface area contributed by atoms with E-state index in [2.05, 4.69) is 10.2 Å². The largest absolute Gasteiger partial charge is 0.493 e. The number of nitrogens with one attached hydrogen (secondary N) is 1. The Balaban J connectivity index is 1.40. The van der Waals surface area contributed by atoms with Crippen LogP contribution in [0.1, 0.15) is 52.8 Å². The third-order valence-corrected chi connectivity index (χ3v) is 5.94. The van der Waals surface area contributed by atoms with Gasteiger partial charge in [-0.2, -0.15) is 0 Å². The van der Waals surface area contributed by atoms with Gasteiger partial charge in [0.15, 0.2) is 0 Å². The van der Waals surface area contributed by atoms with Gasteiger partial charge < -0.3 is 15.4 Å². The molecule has 9 heteroatoms. The molecule has 4 amide bonds. The smallest absolute Gasteiger partial charge is 0.266 e. The molecule has 0 radical (unpaired) electrons. The second-order valence-corrected chi connectivity index (χ2v) is 8.01. The number of carbonyl (C=O) groups excluding carboxylic acids is 4. The molecule has 0 aromatic heterocycles. The lowest BCUT2D eigenvalue weighted by Gasteiger charge is -2.29. The second kappa shape index (κ2) is 8.53. The maximum absolute atomic E-state index is 13.0. The van der Waals surface area contributed by atoms with Gasteiger partial charge in [-0.3, -0.25) is 29.4 Å². The molecule has 160 valence electrons. The van der Waals surface area contributed by atoms with E-state index in [0.717, 1.165) is 43.8 Å². The molecule has 0 spiro atoms. The van der Waals surface area contributed by atoms with Crippen LogP contribution >= 0.6 is 0 Å². The van der Waals surface area contributed by atoms with E-state index in [9.17, 15) is 19.2 Å². The summed E-state index contributed by atoms with van der Waals surface area (Å²) in [5.74, 6) is -1.75. The summed E-state index contributed by atoms with van der Waals surface area (Å²) in [5.41, 5.74) is 6.35. The van der Waals surface area contributed by atoms with Gasteiger partial charge in [-0.1, -0.05) is 6.07 Å². The zero-order valence-electron chi connectivity index (χ0n) is 16.8. The van der Waals surface area contributed by atoms with E-state index in [4.69, 9.17) is 10.5 Å². The van der Waals surface area contributed by atoms with Crippen molar-refractivity contribution in [2.45, 2.75) is 44.2 Å². The van der Waals surface area contributed by atoms with E-state index >= 15 is 0 Å². The first-order valence-electron chi connectivity index (χ1n) is 10.4. The lowest BCUT2D eigenvalue weighted by atomic mass is 10.0. The predicted octanol–water partition coefficient (Wildman–Crippen LogP) is 0.280. The highest BCUT2D eigenvalue weighted by Gasteiger charge is 2.45. The predicted molar refractivity (Wildman–Crippen MR) is 107 cm³/mol. The van der Waals surface area contributed by atoms with Crippen LogP contribution in [0.2, 0.25) is 0 Å². The summed E-state index contributed by atoms with van der Waals surface area (Å²) in [5, 5.41) is 2.20. The number of nitrogens with zero attached hydrogens (tertiary/aromatic N) is 2. The minimum atomic E-state index is -0.978. The number of hydrogen-bond acceptors (Lipinski definition) is 7. The molecule has 2 fully saturated rings. The number of ether oxygens (including phenoxy) is 1. The van der Waals surface area contributed by atoms with Crippen LogP contribution in [-0.4, -0.2) is 71.8 Å². The van der Waals surface area contributed by atoms with E-state index < -0.39 is 29.7 Å². The first-order chi connectivity index (χ1) is 14.5. The van der Waals surface area contributed by atoms with Gasteiger partial charge in [0.2, 0.25) is 11.8 Å². The van der Waals surface area contributed by atoms with E-state index in [1.165, 1.54) is 0 Å². The van der Waals surface area contributed by atoms with Gasteiger partial charge in [0.05, 0.1) is 17.7 Å². The summed E-state index contributed by atoms with van der Waals surface area (Å²) in [6, 6.07) is 4.20. The van der Waals surface area contributed by atoms with Crippen LogP contribution in [0, 0.1) is 0 Å². The van der Waals surface area contributed by atoms with Gasteiger partial charge >= 0.3 is 0 Å². The van der Waals surface area contributed by atoms with Crippen LogP contribution in [0.5, 0.6) is 5.75 Å². The molecule has 1 atom stereocenters. The maximum Gasteiger partial charge on any atom is 0.266 e. The Morgan fingerprint density at radius 1 is 1.07 bits per heavy atom. The minimum absolute atomic E-state index is 0.0918. The van der Waals surface area contributed by atoms with Crippen molar-refractivity contribution in [2.75, 3.05) is 26.2 Å². The highest BCUT2D eigenvalue weighted by molar-refractivity contribution is 6.24. The van der Waals surface area contributed by atoms with Gasteiger partial charge in [0.25, 0.3) is 11.8 Å². The summed E-state index contributed by atoms with van der Waals surface area (Å²) in [6.45, 7) is 3.27. The van der Waals surface area contributed by atoms with E-state index in [1.54, 1.807) is 18.2 Å². The summed E-state index contributed by atoms with van der Waals surface area (Å²) in [6.07, 6.45) is 3.01. The molecule has 2 saturated heterocycles. The summed E-state index contributed by atoms with van der Waals surface area (Å²) in [7, 11) is 0. The molecule has 0 bridgehead atoms. The third kappa shape index (κ3) is 3.95. The van der Waals surface area contributed by atoms with Crippen LogP contribution < -0.4 is 15.8 Å². The van der Waals surface area contributed by atoms with Crippen LogP contribution in [0.3, 0.4) is 0 Å². The molecule has 3 aliphatic heterocycles. The number of imide groups is 2. The quantitative estimate of drug-likeness (QED) is 0.506. The van der Waals surface area contributed by atoms with Gasteiger partial charge in [-0.05, 0) is 50.9 Å².